The van der Waals surface area contributed by atoms with E-state index in [0.717, 1.165) is 57.7 Å². The summed E-state index contributed by atoms with van der Waals surface area (Å²) in [5.74, 6) is 0.716. The van der Waals surface area contributed by atoms with Crippen LogP contribution in [0.2, 0.25) is 0 Å². The van der Waals surface area contributed by atoms with Gasteiger partial charge in [0.1, 0.15) is 24.0 Å². The molecule has 0 fully saturated rings. The van der Waals surface area contributed by atoms with Crippen LogP contribution in [0.4, 0.5) is 22.7 Å². The van der Waals surface area contributed by atoms with E-state index < -0.39 is 36.5 Å². The fraction of sp³-hybridized carbons (Fsp3) is 0.284. The van der Waals surface area contributed by atoms with Crippen LogP contribution in [-0.2, 0) is 28.0 Å². The predicted octanol–water partition coefficient (Wildman–Crippen LogP) is 20.4. The predicted molar refractivity (Wildman–Crippen MR) is 335 cm³/mol. The van der Waals surface area contributed by atoms with E-state index in [-0.39, 0.29) is 75.4 Å². The maximum absolute atomic E-state index is 9.69. The molecule has 8 aromatic carbocycles. The van der Waals surface area contributed by atoms with Crippen LogP contribution in [0.3, 0.4) is 0 Å². The Kier molecular flexibility index (Phi) is 9.94. The van der Waals surface area contributed by atoms with Crippen LogP contribution >= 0.6 is 0 Å². The molecule has 0 N–H and O–H groups in total. The zero-order valence-corrected chi connectivity index (χ0v) is 47.6. The number of hydrogen-bond acceptors (Lipinski definition) is 4. The second-order valence-electron chi connectivity index (χ2n) is 25.2. The van der Waals surface area contributed by atoms with Crippen molar-refractivity contribution in [3.05, 3.63) is 216 Å². The molecular weight excluding hydrogens is 961 g/mol. The van der Waals surface area contributed by atoms with E-state index in [9.17, 15) is 8.22 Å². The highest BCUT2D eigenvalue weighted by Gasteiger charge is 2.38. The van der Waals surface area contributed by atoms with Crippen LogP contribution in [0.5, 0.6) is 11.5 Å². The third kappa shape index (κ3) is 9.60. The summed E-state index contributed by atoms with van der Waals surface area (Å²) >= 11 is 0. The molecule has 2 aromatic heterocycles. The lowest BCUT2D eigenvalue weighted by Gasteiger charge is -2.42. The summed E-state index contributed by atoms with van der Waals surface area (Å²) < 4.78 is 109. The van der Waals surface area contributed by atoms with E-state index >= 15 is 0 Å². The van der Waals surface area contributed by atoms with Crippen LogP contribution < -0.4 is 14.5 Å². The molecule has 1 aliphatic heterocycles. The molecule has 0 spiro atoms. The number of ether oxygens (including phenoxy) is 1. The standard InChI is InChI=1S/C74H76N4O/c1-48(2)38-51-42-69(75-46-62(51)50-32-35-63-64(41-50)74(11,12)37-36-73(63,9)10)78-65-29-17-16-26-60(65)61-34-33-57(45-68(61)78)79-56-25-20-24-55(44-56)76-47-77(67-31-19-18-30-66(67)76)70-58(49-22-14-13-15-23-49)27-21-28-59(70)52-39-53(71(3,4)5)43-54(40-52)72(6,7)8/h13-35,39-46,48H,36-38,47H2,1-12H3/i13D,14D,15D,16D,17D,22D,23D,26D,29D,38D2. The van der Waals surface area contributed by atoms with Crippen molar-refractivity contribution in [2.24, 2.45) is 5.92 Å². The zero-order valence-electron chi connectivity index (χ0n) is 58.6. The van der Waals surface area contributed by atoms with Gasteiger partial charge >= 0.3 is 0 Å². The Labute approximate surface area is 485 Å². The van der Waals surface area contributed by atoms with Gasteiger partial charge in [0.2, 0.25) is 0 Å². The van der Waals surface area contributed by atoms with Gasteiger partial charge in [-0.2, -0.15) is 0 Å². The lowest BCUT2D eigenvalue weighted by molar-refractivity contribution is 0.332. The second-order valence-corrected chi connectivity index (χ2v) is 25.2. The third-order valence-electron chi connectivity index (χ3n) is 16.3. The maximum Gasteiger partial charge on any atom is 0.137 e. The van der Waals surface area contributed by atoms with E-state index in [1.54, 1.807) is 35.0 Å². The van der Waals surface area contributed by atoms with Gasteiger partial charge < -0.3 is 14.5 Å². The lowest BCUT2D eigenvalue weighted by atomic mass is 9.63. The number of pyridine rings is 1. The molecule has 0 saturated heterocycles. The minimum absolute atomic E-state index is 0.0216. The topological polar surface area (TPSA) is 33.5 Å². The highest BCUT2D eigenvalue weighted by Crippen LogP contribution is 2.52. The fourth-order valence-corrected chi connectivity index (χ4v) is 11.8. The van der Waals surface area contributed by atoms with Gasteiger partial charge in [-0.05, 0) is 140 Å². The van der Waals surface area contributed by atoms with Crippen molar-refractivity contribution < 1.29 is 19.8 Å². The summed E-state index contributed by atoms with van der Waals surface area (Å²) in [6.45, 7) is 26.2. The summed E-state index contributed by atoms with van der Waals surface area (Å²) in [5.41, 5.74) is 12.3. The molecule has 0 unspecified atom stereocenters. The number of rotatable bonds is 10. The van der Waals surface area contributed by atoms with Crippen LogP contribution in [0.1, 0.15) is 139 Å². The largest absolute Gasteiger partial charge is 0.457 e. The molecule has 0 radical (unpaired) electrons. The summed E-state index contributed by atoms with van der Waals surface area (Å²) in [6.07, 6.45) is 1.92. The van der Waals surface area contributed by atoms with Gasteiger partial charge in [-0.25, -0.2) is 4.98 Å². The molecule has 0 amide bonds. The van der Waals surface area contributed by atoms with Crippen molar-refractivity contribution >= 4 is 44.6 Å². The van der Waals surface area contributed by atoms with E-state index in [1.165, 1.54) is 11.1 Å². The summed E-state index contributed by atoms with van der Waals surface area (Å²) in [7, 11) is 0. The van der Waals surface area contributed by atoms with Crippen molar-refractivity contribution in [2.75, 3.05) is 16.5 Å². The van der Waals surface area contributed by atoms with Crippen LogP contribution in [0.15, 0.2) is 188 Å². The van der Waals surface area contributed by atoms with Crippen LogP contribution in [-0.4, -0.2) is 16.2 Å². The van der Waals surface area contributed by atoms with Gasteiger partial charge in [-0.3, -0.25) is 4.57 Å². The average Bonchev–Trinajstić information content (AvgIpc) is 1.48. The molecule has 12 rings (SSSR count). The van der Waals surface area contributed by atoms with Gasteiger partial charge in [0.05, 0.1) is 40.4 Å². The number of nitrogens with zero attached hydrogens (tertiary/aromatic N) is 4. The molecule has 2 aliphatic rings. The minimum atomic E-state index is -1.85. The Hall–Kier alpha value is -7.89. The van der Waals surface area contributed by atoms with Crippen molar-refractivity contribution in [3.8, 4) is 50.7 Å². The van der Waals surface area contributed by atoms with Crippen molar-refractivity contribution in [2.45, 2.75) is 124 Å². The summed E-state index contributed by atoms with van der Waals surface area (Å²) in [6, 6.07) is 38.7. The smallest absolute Gasteiger partial charge is 0.137 e. The Morgan fingerprint density at radius 1 is 0.570 bits per heavy atom. The number of aromatic nitrogens is 2. The molecule has 3 heterocycles. The SMILES string of the molecule is [2H]c1c([2H])c([2H])c(-c2cccc(-c3cc(C(C)(C)C)cc(C(C)(C)C)c3)c2N2CN(c3cccc(Oc4ccc5c6c([2H])c([2H])c([2H])c([2H])c6n(-c6cc(C([2H])([2H])C(C)C)c(-c7ccc8c(c7)C(C)(C)CCC8(C)C)cn6)c5c4)c3)c3ccccc32)c([2H])c1[2H]. The second kappa shape index (κ2) is 19.5. The van der Waals surface area contributed by atoms with Gasteiger partial charge in [0.15, 0.2) is 0 Å². The number of fused-ring (bicyclic) bond motifs is 5. The number of anilines is 4. The molecule has 398 valence electrons. The minimum Gasteiger partial charge on any atom is -0.457 e. The van der Waals surface area contributed by atoms with E-state index in [4.69, 9.17) is 16.6 Å². The van der Waals surface area contributed by atoms with Crippen LogP contribution in [0, 0.1) is 5.92 Å². The summed E-state index contributed by atoms with van der Waals surface area (Å²) in [4.78, 5) is 9.42. The van der Waals surface area contributed by atoms with Crippen LogP contribution in [0.25, 0.3) is 61.0 Å². The van der Waals surface area contributed by atoms with Gasteiger partial charge in [0.25, 0.3) is 0 Å². The number of benzene rings is 8. The summed E-state index contributed by atoms with van der Waals surface area (Å²) in [5, 5.41) is 0.835. The molecule has 10 aromatic rings. The Bertz CT molecular complexity index is 4550. The number of hydrogen-bond donors (Lipinski definition) is 0. The Morgan fingerprint density at radius 2 is 1.22 bits per heavy atom. The molecule has 5 nitrogen and oxygen atoms in total. The maximum atomic E-state index is 9.69. The average molecular weight is 1050 g/mol. The van der Waals surface area contributed by atoms with Gasteiger partial charge in [0, 0.05) is 54.2 Å². The number of para-hydroxylation sites is 4. The van der Waals surface area contributed by atoms with E-state index in [2.05, 4.69) is 122 Å². The first-order valence-corrected chi connectivity index (χ1v) is 27.7. The Balaban J connectivity index is 0.984. The monoisotopic (exact) mass is 1050 g/mol. The van der Waals surface area contributed by atoms with E-state index in [1.807, 2.05) is 74.5 Å². The fourth-order valence-electron chi connectivity index (χ4n) is 11.8. The van der Waals surface area contributed by atoms with Crippen molar-refractivity contribution in [3.63, 3.8) is 0 Å². The molecule has 5 heteroatoms. The van der Waals surface area contributed by atoms with E-state index in [0.29, 0.717) is 50.2 Å². The molecule has 0 bridgehead atoms. The molecule has 1 aliphatic carbocycles. The first kappa shape index (κ1) is 40.3. The molecular formula is C74H76N4O. The van der Waals surface area contributed by atoms with Gasteiger partial charge in [-0.1, -0.05) is 204 Å². The first-order valence-electron chi connectivity index (χ1n) is 33.2. The third-order valence-corrected chi connectivity index (χ3v) is 16.3. The quantitative estimate of drug-likeness (QED) is 0.137. The molecule has 0 saturated carbocycles. The highest BCUT2D eigenvalue weighted by molar-refractivity contribution is 6.09. The van der Waals surface area contributed by atoms with Crippen molar-refractivity contribution in [1.29, 1.82) is 0 Å². The highest BCUT2D eigenvalue weighted by atomic mass is 16.5. The normalized spacial score (nSPS) is 17.2. The first-order chi connectivity index (χ1) is 42.2. The molecule has 79 heavy (non-hydrogen) atoms. The van der Waals surface area contributed by atoms with Crippen molar-refractivity contribution in [1.82, 2.24) is 9.55 Å². The Morgan fingerprint density at radius 3 is 1.92 bits per heavy atom. The molecule has 0 atom stereocenters. The zero-order chi connectivity index (χ0) is 64.8. The lowest BCUT2D eigenvalue weighted by Crippen LogP contribution is -2.33. The van der Waals surface area contributed by atoms with Gasteiger partial charge in [-0.15, -0.1) is 0 Å².